The van der Waals surface area contributed by atoms with E-state index < -0.39 is 0 Å². The van der Waals surface area contributed by atoms with Crippen LogP contribution in [-0.2, 0) is 4.79 Å². The molecular weight excluding hydrogens is 428 g/mol. The zero-order valence-electron chi connectivity index (χ0n) is 13.3. The molecule has 0 heterocycles. The van der Waals surface area contributed by atoms with Crippen molar-refractivity contribution in [3.05, 3.63) is 52.0 Å². The van der Waals surface area contributed by atoms with Crippen molar-refractivity contribution in [2.75, 3.05) is 18.5 Å². The molecule has 8 heteroatoms. The van der Waals surface area contributed by atoms with Gasteiger partial charge in [-0.15, -0.1) is 0 Å². The van der Waals surface area contributed by atoms with Crippen LogP contribution in [-0.4, -0.2) is 24.2 Å². The number of benzene rings is 2. The summed E-state index contributed by atoms with van der Waals surface area (Å²) in [6.07, 6.45) is 0. The predicted molar refractivity (Wildman–Crippen MR) is 107 cm³/mol. The molecule has 2 aromatic rings. The van der Waals surface area contributed by atoms with Gasteiger partial charge in [-0.1, -0.05) is 27.5 Å². The molecule has 0 aliphatic heterocycles. The number of carbonyl (C=O) groups is 1. The van der Waals surface area contributed by atoms with Gasteiger partial charge >= 0.3 is 0 Å². The monoisotopic (exact) mass is 442 g/mol. The van der Waals surface area contributed by atoms with E-state index in [1.165, 1.54) is 0 Å². The van der Waals surface area contributed by atoms with E-state index in [9.17, 15) is 4.79 Å². The molecule has 5 nitrogen and oxygen atoms in total. The zero-order valence-corrected chi connectivity index (χ0v) is 16.5. The fourth-order valence-electron chi connectivity index (χ4n) is 1.86. The minimum absolute atomic E-state index is 0.180. The number of amides is 1. The second-order valence-electron chi connectivity index (χ2n) is 4.82. The molecule has 0 saturated heterocycles. The lowest BCUT2D eigenvalue weighted by atomic mass is 10.3. The molecule has 0 aromatic heterocycles. The summed E-state index contributed by atoms with van der Waals surface area (Å²) in [5.41, 5.74) is 0.741. The van der Waals surface area contributed by atoms with Crippen molar-refractivity contribution in [1.82, 2.24) is 5.32 Å². The number of anilines is 1. The summed E-state index contributed by atoms with van der Waals surface area (Å²) in [6, 6.07) is 12.4. The molecule has 132 valence electrons. The fraction of sp³-hybridized carbons (Fsp3) is 0.176. The number of hydrogen-bond donors (Lipinski definition) is 2. The summed E-state index contributed by atoms with van der Waals surface area (Å²) in [7, 11) is 0. The van der Waals surface area contributed by atoms with Gasteiger partial charge < -0.3 is 14.8 Å². The quantitative estimate of drug-likeness (QED) is 0.648. The fourth-order valence-corrected chi connectivity index (χ4v) is 2.82. The van der Waals surface area contributed by atoms with E-state index in [0.717, 1.165) is 15.9 Å². The van der Waals surface area contributed by atoms with Crippen LogP contribution in [0.3, 0.4) is 0 Å². The highest BCUT2D eigenvalue weighted by Gasteiger charge is 2.08. The van der Waals surface area contributed by atoms with Crippen molar-refractivity contribution in [2.45, 2.75) is 6.92 Å². The molecule has 0 spiro atoms. The highest BCUT2D eigenvalue weighted by Crippen LogP contribution is 2.27. The first-order chi connectivity index (χ1) is 12.0. The van der Waals surface area contributed by atoms with E-state index in [4.69, 9.17) is 33.3 Å². The van der Waals surface area contributed by atoms with Crippen molar-refractivity contribution in [3.63, 3.8) is 0 Å². The van der Waals surface area contributed by atoms with Gasteiger partial charge in [-0.2, -0.15) is 0 Å². The van der Waals surface area contributed by atoms with Gasteiger partial charge in [-0.3, -0.25) is 10.1 Å². The Bertz CT molecular complexity index is 756. The van der Waals surface area contributed by atoms with Gasteiger partial charge in [0.25, 0.3) is 5.91 Å². The number of carbonyl (C=O) groups excluding carboxylic acids is 1. The Morgan fingerprint density at radius 2 is 1.92 bits per heavy atom. The lowest BCUT2D eigenvalue weighted by Gasteiger charge is -2.11. The summed E-state index contributed by atoms with van der Waals surface area (Å²) < 4.78 is 11.6. The average molecular weight is 444 g/mol. The van der Waals surface area contributed by atoms with Gasteiger partial charge in [0, 0.05) is 10.2 Å². The van der Waals surface area contributed by atoms with Crippen molar-refractivity contribution in [3.8, 4) is 11.5 Å². The smallest absolute Gasteiger partial charge is 0.264 e. The van der Waals surface area contributed by atoms with Crippen LogP contribution in [0.5, 0.6) is 11.5 Å². The molecule has 0 aliphatic rings. The summed E-state index contributed by atoms with van der Waals surface area (Å²) >= 11 is 14.4. The van der Waals surface area contributed by atoms with Gasteiger partial charge in [0.2, 0.25) is 0 Å². The van der Waals surface area contributed by atoms with E-state index in [2.05, 4.69) is 26.6 Å². The second kappa shape index (κ2) is 9.60. The third kappa shape index (κ3) is 6.53. The SMILES string of the molecule is CCOc1ccc(NC(=S)NC(=O)COc2ccc(Br)cc2Cl)cc1. The number of nitrogens with one attached hydrogen (secondary N) is 2. The van der Waals surface area contributed by atoms with Gasteiger partial charge in [-0.05, 0) is 61.6 Å². The summed E-state index contributed by atoms with van der Waals surface area (Å²) in [6.45, 7) is 2.32. The minimum Gasteiger partial charge on any atom is -0.494 e. The average Bonchev–Trinajstić information content (AvgIpc) is 2.56. The van der Waals surface area contributed by atoms with Crippen molar-refractivity contribution >= 4 is 56.5 Å². The van der Waals surface area contributed by atoms with Crippen LogP contribution in [0.15, 0.2) is 46.9 Å². The Morgan fingerprint density at radius 3 is 2.56 bits per heavy atom. The number of hydrogen-bond acceptors (Lipinski definition) is 4. The highest BCUT2D eigenvalue weighted by atomic mass is 79.9. The number of rotatable bonds is 6. The Kier molecular flexibility index (Phi) is 7.49. The van der Waals surface area contributed by atoms with Crippen LogP contribution in [0.2, 0.25) is 5.02 Å². The molecule has 2 N–H and O–H groups in total. The molecule has 0 saturated carbocycles. The molecule has 1 amide bonds. The Morgan fingerprint density at radius 1 is 1.20 bits per heavy atom. The third-order valence-electron chi connectivity index (χ3n) is 2.93. The normalized spacial score (nSPS) is 10.0. The summed E-state index contributed by atoms with van der Waals surface area (Å²) in [5, 5.41) is 6.05. The van der Waals surface area contributed by atoms with Gasteiger partial charge in [0.05, 0.1) is 11.6 Å². The molecule has 2 aromatic carbocycles. The van der Waals surface area contributed by atoms with Crippen LogP contribution in [0.25, 0.3) is 0 Å². The van der Waals surface area contributed by atoms with Crippen molar-refractivity contribution in [1.29, 1.82) is 0 Å². The highest BCUT2D eigenvalue weighted by molar-refractivity contribution is 9.10. The predicted octanol–water partition coefficient (Wildman–Crippen LogP) is 4.39. The van der Waals surface area contributed by atoms with E-state index in [0.29, 0.717) is 17.4 Å². The Balaban J connectivity index is 1.80. The zero-order chi connectivity index (χ0) is 18.2. The first-order valence-electron chi connectivity index (χ1n) is 7.39. The van der Waals surface area contributed by atoms with Crippen LogP contribution in [0, 0.1) is 0 Å². The minimum atomic E-state index is -0.387. The molecule has 2 rings (SSSR count). The molecular formula is C17H16BrClN2O3S. The Labute approximate surface area is 164 Å². The summed E-state index contributed by atoms with van der Waals surface area (Å²) in [4.78, 5) is 11.9. The topological polar surface area (TPSA) is 59.6 Å². The maximum Gasteiger partial charge on any atom is 0.264 e. The number of thiocarbonyl (C=S) groups is 1. The molecule has 0 unspecified atom stereocenters. The molecule has 25 heavy (non-hydrogen) atoms. The van der Waals surface area contributed by atoms with Crippen molar-refractivity contribution < 1.29 is 14.3 Å². The van der Waals surface area contributed by atoms with Gasteiger partial charge in [0.1, 0.15) is 11.5 Å². The van der Waals surface area contributed by atoms with E-state index in [-0.39, 0.29) is 17.6 Å². The van der Waals surface area contributed by atoms with Crippen LogP contribution < -0.4 is 20.1 Å². The van der Waals surface area contributed by atoms with Gasteiger partial charge in [-0.25, -0.2) is 0 Å². The summed E-state index contributed by atoms with van der Waals surface area (Å²) in [5.74, 6) is 0.801. The first kappa shape index (κ1) is 19.5. The largest absolute Gasteiger partial charge is 0.494 e. The van der Waals surface area contributed by atoms with Gasteiger partial charge in [0.15, 0.2) is 11.7 Å². The van der Waals surface area contributed by atoms with E-state index in [1.54, 1.807) is 18.2 Å². The van der Waals surface area contributed by atoms with Crippen LogP contribution >= 0.6 is 39.7 Å². The van der Waals surface area contributed by atoms with Crippen molar-refractivity contribution in [2.24, 2.45) is 0 Å². The second-order valence-corrected chi connectivity index (χ2v) is 6.55. The molecule has 0 aliphatic carbocycles. The molecule has 0 radical (unpaired) electrons. The number of ether oxygens (including phenoxy) is 2. The standard InChI is InChI=1S/C17H16BrClN2O3S/c1-2-23-13-6-4-12(5-7-13)20-17(25)21-16(22)10-24-15-8-3-11(18)9-14(15)19/h3-9H,2,10H2,1H3,(H2,20,21,22,25). The lowest BCUT2D eigenvalue weighted by Crippen LogP contribution is -2.37. The molecule has 0 atom stereocenters. The third-order valence-corrected chi connectivity index (χ3v) is 3.92. The van der Waals surface area contributed by atoms with Crippen LogP contribution in [0.4, 0.5) is 5.69 Å². The maximum atomic E-state index is 11.9. The van der Waals surface area contributed by atoms with E-state index >= 15 is 0 Å². The Hall–Kier alpha value is -1.83. The lowest BCUT2D eigenvalue weighted by molar-refractivity contribution is -0.121. The maximum absolute atomic E-state index is 11.9. The molecule has 0 bridgehead atoms. The molecule has 0 fully saturated rings. The number of halogens is 2. The van der Waals surface area contributed by atoms with E-state index in [1.807, 2.05) is 31.2 Å². The first-order valence-corrected chi connectivity index (χ1v) is 8.97. The van der Waals surface area contributed by atoms with Crippen LogP contribution in [0.1, 0.15) is 6.92 Å².